The van der Waals surface area contributed by atoms with Crippen molar-refractivity contribution >= 4 is 17.3 Å². The number of nitrogens with one attached hydrogen (secondary N) is 1. The van der Waals surface area contributed by atoms with Gasteiger partial charge >= 0.3 is 0 Å². The van der Waals surface area contributed by atoms with Gasteiger partial charge in [-0.25, -0.2) is 0 Å². The highest BCUT2D eigenvalue weighted by Crippen LogP contribution is 2.27. The monoisotopic (exact) mass is 401 g/mol. The summed E-state index contributed by atoms with van der Waals surface area (Å²) >= 11 is 6.22. The number of rotatable bonds is 7. The fraction of sp³-hybridized carbons (Fsp3) is 0.200. The van der Waals surface area contributed by atoms with Crippen LogP contribution in [-0.4, -0.2) is 35.7 Å². The number of aromatic nitrogens is 2. The summed E-state index contributed by atoms with van der Waals surface area (Å²) in [5.41, 5.74) is 1.11. The summed E-state index contributed by atoms with van der Waals surface area (Å²) in [6.07, 6.45) is 0.576. The fourth-order valence-electron chi connectivity index (χ4n) is 2.66. The summed E-state index contributed by atoms with van der Waals surface area (Å²) in [5.74, 6) is 1.14. The molecular weight excluding hydrogens is 382 g/mol. The van der Waals surface area contributed by atoms with Gasteiger partial charge in [-0.3, -0.25) is 4.79 Å². The third-order valence-electron chi connectivity index (χ3n) is 4.16. The molecule has 3 rings (SSSR count). The van der Waals surface area contributed by atoms with Gasteiger partial charge in [0.2, 0.25) is 0 Å². The van der Waals surface area contributed by atoms with Crippen LogP contribution in [-0.2, 0) is 0 Å². The number of hydrogen-bond donors (Lipinski definition) is 2. The smallest absolute Gasteiger partial charge is 0.292 e. The molecule has 0 radical (unpaired) electrons. The Morgan fingerprint density at radius 1 is 1.14 bits per heavy atom. The zero-order chi connectivity index (χ0) is 20.1. The van der Waals surface area contributed by atoms with Crippen molar-refractivity contribution in [3.05, 3.63) is 75.7 Å². The number of ether oxygens (including phenoxy) is 2. The SMILES string of the molecule is COc1cc(OC)cc(C(O)CNc2cnn(-c3ccccc3)c(=O)c2Cl)c1. The third-order valence-corrected chi connectivity index (χ3v) is 4.53. The Hall–Kier alpha value is -3.03. The molecule has 7 nitrogen and oxygen atoms in total. The largest absolute Gasteiger partial charge is 0.497 e. The summed E-state index contributed by atoms with van der Waals surface area (Å²) in [5, 5.41) is 17.6. The number of nitrogens with zero attached hydrogens (tertiary/aromatic N) is 2. The molecular formula is C20H20ClN3O4. The van der Waals surface area contributed by atoms with Crippen LogP contribution in [0.1, 0.15) is 11.7 Å². The van der Waals surface area contributed by atoms with E-state index in [-0.39, 0.29) is 11.6 Å². The number of anilines is 1. The first-order valence-corrected chi connectivity index (χ1v) is 8.89. The average molecular weight is 402 g/mol. The molecule has 1 aromatic heterocycles. The molecule has 146 valence electrons. The molecule has 1 atom stereocenters. The second-order valence-corrected chi connectivity index (χ2v) is 6.35. The van der Waals surface area contributed by atoms with Gasteiger partial charge in [0, 0.05) is 12.6 Å². The predicted molar refractivity (Wildman–Crippen MR) is 108 cm³/mol. The van der Waals surface area contributed by atoms with Crippen LogP contribution < -0.4 is 20.3 Å². The highest BCUT2D eigenvalue weighted by Gasteiger charge is 2.14. The summed E-state index contributed by atoms with van der Waals surface area (Å²) < 4.78 is 11.6. The van der Waals surface area contributed by atoms with E-state index in [1.54, 1.807) is 30.3 Å². The second-order valence-electron chi connectivity index (χ2n) is 5.97. The van der Waals surface area contributed by atoms with Gasteiger partial charge in [0.1, 0.15) is 16.5 Å². The van der Waals surface area contributed by atoms with Crippen LogP contribution in [0, 0.1) is 0 Å². The van der Waals surface area contributed by atoms with Crippen LogP contribution in [0.3, 0.4) is 0 Å². The van der Waals surface area contributed by atoms with E-state index in [1.807, 2.05) is 18.2 Å². The van der Waals surface area contributed by atoms with Crippen molar-refractivity contribution in [2.45, 2.75) is 6.10 Å². The standard InChI is InChI=1S/C20H20ClN3O4/c1-27-15-8-13(9-16(10-15)28-2)18(25)12-22-17-11-23-24(20(26)19(17)21)14-6-4-3-5-7-14/h3-11,18,22,25H,12H2,1-2H3. The van der Waals surface area contributed by atoms with Crippen LogP contribution in [0.25, 0.3) is 5.69 Å². The van der Waals surface area contributed by atoms with Crippen LogP contribution in [0.4, 0.5) is 5.69 Å². The first-order chi connectivity index (χ1) is 13.5. The highest BCUT2D eigenvalue weighted by atomic mass is 35.5. The van der Waals surface area contributed by atoms with Gasteiger partial charge in [0.25, 0.3) is 5.56 Å². The number of hydrogen-bond acceptors (Lipinski definition) is 6. The minimum atomic E-state index is -0.878. The molecule has 0 aliphatic carbocycles. The minimum Gasteiger partial charge on any atom is -0.497 e. The molecule has 0 bridgehead atoms. The number of aliphatic hydroxyl groups excluding tert-OH is 1. The van der Waals surface area contributed by atoms with E-state index in [0.717, 1.165) is 0 Å². The number of halogens is 1. The van der Waals surface area contributed by atoms with Gasteiger partial charge in [-0.15, -0.1) is 0 Å². The Bertz CT molecular complexity index is 986. The molecule has 0 spiro atoms. The van der Waals surface area contributed by atoms with Gasteiger partial charge in [-0.1, -0.05) is 29.8 Å². The molecule has 0 amide bonds. The van der Waals surface area contributed by atoms with E-state index in [9.17, 15) is 9.90 Å². The van der Waals surface area contributed by atoms with Gasteiger partial charge in [-0.2, -0.15) is 9.78 Å². The Morgan fingerprint density at radius 3 is 2.39 bits per heavy atom. The lowest BCUT2D eigenvalue weighted by atomic mass is 10.1. The maximum absolute atomic E-state index is 12.5. The van der Waals surface area contributed by atoms with Crippen molar-refractivity contribution in [3.63, 3.8) is 0 Å². The number of para-hydroxylation sites is 1. The number of aliphatic hydroxyl groups is 1. The molecule has 1 unspecified atom stereocenters. The average Bonchev–Trinajstić information content (AvgIpc) is 2.74. The van der Waals surface area contributed by atoms with E-state index >= 15 is 0 Å². The maximum Gasteiger partial charge on any atom is 0.292 e. The van der Waals surface area contributed by atoms with Crippen LogP contribution >= 0.6 is 11.6 Å². The number of benzene rings is 2. The van der Waals surface area contributed by atoms with E-state index in [2.05, 4.69) is 10.4 Å². The fourth-order valence-corrected chi connectivity index (χ4v) is 2.85. The lowest BCUT2D eigenvalue weighted by Crippen LogP contribution is -2.23. The molecule has 2 aromatic carbocycles. The van der Waals surface area contributed by atoms with Crippen molar-refractivity contribution in [2.75, 3.05) is 26.1 Å². The maximum atomic E-state index is 12.5. The second kappa shape index (κ2) is 8.77. The quantitative estimate of drug-likeness (QED) is 0.633. The normalized spacial score (nSPS) is 11.7. The predicted octanol–water partition coefficient (Wildman–Crippen LogP) is 3.05. The molecule has 1 heterocycles. The molecule has 0 fully saturated rings. The van der Waals surface area contributed by atoms with Gasteiger partial charge in [-0.05, 0) is 29.8 Å². The van der Waals surface area contributed by atoms with Gasteiger partial charge in [0.05, 0.1) is 37.9 Å². The van der Waals surface area contributed by atoms with E-state index in [0.29, 0.717) is 28.4 Å². The topological polar surface area (TPSA) is 85.6 Å². The van der Waals surface area contributed by atoms with Crippen LogP contribution in [0.15, 0.2) is 59.5 Å². The molecule has 0 saturated carbocycles. The van der Waals surface area contributed by atoms with Crippen molar-refractivity contribution in [2.24, 2.45) is 0 Å². The van der Waals surface area contributed by atoms with E-state index in [4.69, 9.17) is 21.1 Å². The van der Waals surface area contributed by atoms with Gasteiger partial charge in [0.15, 0.2) is 0 Å². The van der Waals surface area contributed by atoms with Crippen molar-refractivity contribution < 1.29 is 14.6 Å². The molecule has 0 aliphatic rings. The third kappa shape index (κ3) is 4.27. The zero-order valence-corrected chi connectivity index (χ0v) is 16.2. The van der Waals surface area contributed by atoms with Crippen LogP contribution in [0.2, 0.25) is 5.02 Å². The highest BCUT2D eigenvalue weighted by molar-refractivity contribution is 6.32. The van der Waals surface area contributed by atoms with Crippen molar-refractivity contribution in [3.8, 4) is 17.2 Å². The summed E-state index contributed by atoms with van der Waals surface area (Å²) in [4.78, 5) is 12.5. The zero-order valence-electron chi connectivity index (χ0n) is 15.4. The summed E-state index contributed by atoms with van der Waals surface area (Å²) in [6.45, 7) is 0.118. The van der Waals surface area contributed by atoms with E-state index < -0.39 is 11.7 Å². The minimum absolute atomic E-state index is 0.00530. The molecule has 28 heavy (non-hydrogen) atoms. The van der Waals surface area contributed by atoms with Crippen molar-refractivity contribution in [1.29, 1.82) is 0 Å². The van der Waals surface area contributed by atoms with Gasteiger partial charge < -0.3 is 19.9 Å². The van der Waals surface area contributed by atoms with Crippen molar-refractivity contribution in [1.82, 2.24) is 9.78 Å². The van der Waals surface area contributed by atoms with E-state index in [1.165, 1.54) is 25.1 Å². The molecule has 0 saturated heterocycles. The van der Waals surface area contributed by atoms with Crippen LogP contribution in [0.5, 0.6) is 11.5 Å². The first kappa shape index (κ1) is 19.7. The first-order valence-electron chi connectivity index (χ1n) is 8.51. The molecule has 0 aliphatic heterocycles. The number of methoxy groups -OCH3 is 2. The Balaban J connectivity index is 1.78. The molecule has 2 N–H and O–H groups in total. The Kier molecular flexibility index (Phi) is 6.18. The molecule has 8 heteroatoms. The lowest BCUT2D eigenvalue weighted by molar-refractivity contribution is 0.190. The lowest BCUT2D eigenvalue weighted by Gasteiger charge is -2.16. The molecule has 3 aromatic rings. The Labute approximate surface area is 167 Å². The summed E-state index contributed by atoms with van der Waals surface area (Å²) in [6, 6.07) is 14.1. The Morgan fingerprint density at radius 2 is 1.79 bits per heavy atom. The summed E-state index contributed by atoms with van der Waals surface area (Å²) in [7, 11) is 3.08.